The fourth-order valence-corrected chi connectivity index (χ4v) is 6.69. The van der Waals surface area contributed by atoms with E-state index in [4.69, 9.17) is 4.84 Å². The number of thiophene rings is 1. The maximum Gasteiger partial charge on any atom is 0.264 e. The van der Waals surface area contributed by atoms with Gasteiger partial charge in [0.1, 0.15) is 10.4 Å². The molecule has 1 saturated heterocycles. The third kappa shape index (κ3) is 3.71. The number of benzene rings is 2. The minimum absolute atomic E-state index is 0.0989. The second kappa shape index (κ2) is 7.88. The molecule has 0 radical (unpaired) electrons. The second-order valence-electron chi connectivity index (χ2n) is 7.17. The smallest absolute Gasteiger partial charge is 0.257 e. The number of nitrogens with one attached hydrogen (secondary N) is 1. The molecule has 5 rings (SSSR count). The second-order valence-corrected chi connectivity index (χ2v) is 11.3. The summed E-state index contributed by atoms with van der Waals surface area (Å²) < 4.78 is 29.7. The number of fused-ring (bicyclic) bond motifs is 2. The van der Waals surface area contributed by atoms with Gasteiger partial charge in [-0.2, -0.15) is 0 Å². The van der Waals surface area contributed by atoms with Crippen LogP contribution in [0.5, 0.6) is 0 Å². The van der Waals surface area contributed by atoms with Crippen molar-refractivity contribution in [2.45, 2.75) is 35.5 Å². The number of sulfonamides is 1. The minimum Gasteiger partial charge on any atom is -0.257 e. The number of nitrogens with zero attached hydrogens (tertiary/aromatic N) is 2. The van der Waals surface area contributed by atoms with Crippen LogP contribution in [0.2, 0.25) is 0 Å². The zero-order chi connectivity index (χ0) is 20.7. The van der Waals surface area contributed by atoms with Gasteiger partial charge in [-0.3, -0.25) is 9.14 Å². The largest absolute Gasteiger partial charge is 0.264 e. The van der Waals surface area contributed by atoms with Gasteiger partial charge in [0.2, 0.25) is 0 Å². The van der Waals surface area contributed by atoms with Crippen molar-refractivity contribution in [3.8, 4) is 0 Å². The first kappa shape index (κ1) is 19.9. The van der Waals surface area contributed by atoms with Crippen molar-refractivity contribution in [3.05, 3.63) is 60.2 Å². The molecule has 3 heterocycles. The summed E-state index contributed by atoms with van der Waals surface area (Å²) in [5, 5.41) is 1.95. The number of thioether (sulfide) groups is 1. The molecule has 3 aromatic rings. The normalized spacial score (nSPS) is 20.4. The van der Waals surface area contributed by atoms with Crippen LogP contribution in [0.25, 0.3) is 10.1 Å². The summed E-state index contributed by atoms with van der Waals surface area (Å²) >= 11 is 3.15. The maximum absolute atomic E-state index is 13.5. The van der Waals surface area contributed by atoms with Crippen molar-refractivity contribution in [1.82, 2.24) is 5.48 Å². The van der Waals surface area contributed by atoms with Gasteiger partial charge in [-0.05, 0) is 48.2 Å². The van der Waals surface area contributed by atoms with Gasteiger partial charge in [-0.1, -0.05) is 43.3 Å². The lowest BCUT2D eigenvalue weighted by Crippen LogP contribution is -2.32. The van der Waals surface area contributed by atoms with Crippen LogP contribution < -0.4 is 9.79 Å². The first-order chi connectivity index (χ1) is 14.6. The average molecular weight is 460 g/mol. The first-order valence-electron chi connectivity index (χ1n) is 9.83. The third-order valence-corrected chi connectivity index (χ3v) is 9.07. The molecule has 2 unspecified atom stereocenters. The molecule has 2 atom stereocenters. The van der Waals surface area contributed by atoms with Gasteiger partial charge in [-0.25, -0.2) is 18.9 Å². The van der Waals surface area contributed by atoms with Crippen molar-refractivity contribution in [2.24, 2.45) is 4.99 Å². The fraction of sp³-hybridized carbons (Fsp3) is 0.286. The highest BCUT2D eigenvalue weighted by atomic mass is 32.2. The molecule has 2 aliphatic rings. The lowest BCUT2D eigenvalue weighted by atomic mass is 10.2. The molecule has 0 amide bonds. The Labute approximate surface area is 184 Å². The number of hydrogen-bond donors (Lipinski definition) is 1. The topological polar surface area (TPSA) is 71.0 Å². The third-order valence-electron chi connectivity index (χ3n) is 5.05. The Balaban J connectivity index is 1.47. The molecular weight excluding hydrogens is 438 g/mol. The van der Waals surface area contributed by atoms with E-state index in [2.05, 4.69) is 17.4 Å². The Morgan fingerprint density at radius 3 is 2.70 bits per heavy atom. The molecule has 0 saturated carbocycles. The molecule has 0 bridgehead atoms. The Kier molecular flexibility index (Phi) is 5.22. The van der Waals surface area contributed by atoms with Gasteiger partial charge in [0, 0.05) is 16.8 Å². The predicted molar refractivity (Wildman–Crippen MR) is 124 cm³/mol. The Morgan fingerprint density at radius 2 is 1.97 bits per heavy atom. The SMILES string of the molecule is CCCCN(c1cc2ccccc2s1)S(=O)(=O)c1ccc(C2=NC3SC3ON2)cc1. The number of unbranched alkanes of at least 4 members (excludes halogenated alkanes) is 1. The fourth-order valence-electron chi connectivity index (χ4n) is 3.32. The summed E-state index contributed by atoms with van der Waals surface area (Å²) in [6.07, 6.45) is 1.71. The lowest BCUT2D eigenvalue weighted by molar-refractivity contribution is 0.0740. The highest BCUT2D eigenvalue weighted by Gasteiger charge is 2.44. The number of aliphatic imine (C=N–C) groups is 1. The molecule has 1 fully saturated rings. The van der Waals surface area contributed by atoms with Gasteiger partial charge >= 0.3 is 0 Å². The summed E-state index contributed by atoms with van der Waals surface area (Å²) in [7, 11) is -3.68. The zero-order valence-electron chi connectivity index (χ0n) is 16.3. The van der Waals surface area contributed by atoms with Crippen LogP contribution in [-0.4, -0.2) is 31.6 Å². The Hall–Kier alpha value is -2.07. The number of rotatable bonds is 7. The van der Waals surface area contributed by atoms with Gasteiger partial charge in [0.25, 0.3) is 10.0 Å². The van der Waals surface area contributed by atoms with Crippen LogP contribution in [0.1, 0.15) is 25.3 Å². The molecule has 2 aromatic carbocycles. The van der Waals surface area contributed by atoms with Gasteiger partial charge in [0.05, 0.1) is 4.90 Å². The molecular formula is C21H21N3O3S3. The van der Waals surface area contributed by atoms with Crippen molar-refractivity contribution in [2.75, 3.05) is 10.8 Å². The van der Waals surface area contributed by atoms with E-state index in [1.807, 2.05) is 30.3 Å². The molecule has 30 heavy (non-hydrogen) atoms. The molecule has 9 heteroatoms. The van der Waals surface area contributed by atoms with E-state index in [-0.39, 0.29) is 15.7 Å². The molecule has 156 valence electrons. The minimum atomic E-state index is -3.68. The van der Waals surface area contributed by atoms with E-state index >= 15 is 0 Å². The Morgan fingerprint density at radius 1 is 1.17 bits per heavy atom. The lowest BCUT2D eigenvalue weighted by Gasteiger charge is -2.23. The Bertz CT molecular complexity index is 1170. The predicted octanol–water partition coefficient (Wildman–Crippen LogP) is 4.58. The summed E-state index contributed by atoms with van der Waals surface area (Å²) in [6, 6.07) is 16.8. The van der Waals surface area contributed by atoms with E-state index in [1.165, 1.54) is 11.3 Å². The number of hydrogen-bond acceptors (Lipinski definition) is 7. The van der Waals surface area contributed by atoms with E-state index < -0.39 is 10.0 Å². The molecule has 2 aliphatic heterocycles. The quantitative estimate of drug-likeness (QED) is 0.524. The van der Waals surface area contributed by atoms with Crippen LogP contribution in [0.3, 0.4) is 0 Å². The standard InChI is InChI=1S/C21H21N3O3S3/c1-2-3-12-24(18-13-15-6-4-5-7-17(15)28-18)30(25,26)16-10-8-14(9-11-16)19-22-20-21(29-20)27-23-19/h4-11,13,20-21H,2-3,12H2,1H3,(H,22,23). The van der Waals surface area contributed by atoms with E-state index in [1.54, 1.807) is 40.3 Å². The number of hydroxylamine groups is 1. The number of anilines is 1. The molecule has 0 spiro atoms. The van der Waals surface area contributed by atoms with Gasteiger partial charge < -0.3 is 0 Å². The van der Waals surface area contributed by atoms with Crippen LogP contribution in [0, 0.1) is 0 Å². The number of amidine groups is 1. The summed E-state index contributed by atoms with van der Waals surface area (Å²) in [5.41, 5.74) is 3.75. The summed E-state index contributed by atoms with van der Waals surface area (Å²) in [6.45, 7) is 2.52. The van der Waals surface area contributed by atoms with Crippen molar-refractivity contribution in [3.63, 3.8) is 0 Å². The molecule has 6 nitrogen and oxygen atoms in total. The average Bonchev–Trinajstić information content (AvgIpc) is 3.42. The molecule has 1 N–H and O–H groups in total. The van der Waals surface area contributed by atoms with E-state index in [0.29, 0.717) is 12.4 Å². The first-order valence-corrected chi connectivity index (χ1v) is 13.0. The highest BCUT2D eigenvalue weighted by molar-refractivity contribution is 8.07. The molecule has 0 aliphatic carbocycles. The van der Waals surface area contributed by atoms with Crippen LogP contribution in [0.15, 0.2) is 64.5 Å². The van der Waals surface area contributed by atoms with E-state index in [9.17, 15) is 8.42 Å². The van der Waals surface area contributed by atoms with Gasteiger partial charge in [0.15, 0.2) is 11.3 Å². The monoisotopic (exact) mass is 459 g/mol. The summed E-state index contributed by atoms with van der Waals surface area (Å²) in [4.78, 5) is 10.3. The van der Waals surface area contributed by atoms with Gasteiger partial charge in [-0.15, -0.1) is 11.3 Å². The van der Waals surface area contributed by atoms with Crippen molar-refractivity contribution >= 4 is 54.0 Å². The molecule has 1 aromatic heterocycles. The van der Waals surface area contributed by atoms with Crippen LogP contribution >= 0.6 is 23.1 Å². The highest BCUT2D eigenvalue weighted by Crippen LogP contribution is 2.44. The summed E-state index contributed by atoms with van der Waals surface area (Å²) in [5.74, 6) is 0.637. The van der Waals surface area contributed by atoms with Crippen LogP contribution in [-0.2, 0) is 14.9 Å². The van der Waals surface area contributed by atoms with Crippen molar-refractivity contribution in [1.29, 1.82) is 0 Å². The van der Waals surface area contributed by atoms with Crippen LogP contribution in [0.4, 0.5) is 5.00 Å². The zero-order valence-corrected chi connectivity index (χ0v) is 18.8. The van der Waals surface area contributed by atoms with Crippen molar-refractivity contribution < 1.29 is 13.3 Å². The maximum atomic E-state index is 13.5. The van der Waals surface area contributed by atoms with E-state index in [0.717, 1.165) is 33.5 Å².